The molecule has 0 spiro atoms. The Bertz CT molecular complexity index is 868. The van der Waals surface area contributed by atoms with Crippen LogP contribution in [-0.2, 0) is 17.6 Å². The SMILES string of the molecule is CCCCc1ccc(C[C@H](Oc2ccc(-c3ccccc3)cc2)C(=O)O)cc1. The molecule has 0 aromatic heterocycles. The summed E-state index contributed by atoms with van der Waals surface area (Å²) in [4.78, 5) is 11.7. The largest absolute Gasteiger partial charge is 0.478 e. The van der Waals surface area contributed by atoms with Gasteiger partial charge in [0, 0.05) is 6.42 Å². The lowest BCUT2D eigenvalue weighted by atomic mass is 10.0. The molecule has 0 aliphatic heterocycles. The molecule has 144 valence electrons. The Hall–Kier alpha value is -3.07. The van der Waals surface area contributed by atoms with Crippen LogP contribution in [0, 0.1) is 0 Å². The Labute approximate surface area is 166 Å². The van der Waals surface area contributed by atoms with Crippen molar-refractivity contribution in [2.24, 2.45) is 0 Å². The lowest BCUT2D eigenvalue weighted by Crippen LogP contribution is -2.29. The van der Waals surface area contributed by atoms with Gasteiger partial charge in [-0.15, -0.1) is 0 Å². The van der Waals surface area contributed by atoms with E-state index in [2.05, 4.69) is 19.1 Å². The number of rotatable bonds is 9. The fourth-order valence-electron chi connectivity index (χ4n) is 3.14. The Morgan fingerprint density at radius 1 is 0.857 bits per heavy atom. The van der Waals surface area contributed by atoms with Gasteiger partial charge in [-0.2, -0.15) is 0 Å². The highest BCUT2D eigenvalue weighted by molar-refractivity contribution is 5.73. The number of hydrogen-bond donors (Lipinski definition) is 1. The van der Waals surface area contributed by atoms with Gasteiger partial charge in [0.15, 0.2) is 6.10 Å². The molecule has 0 saturated carbocycles. The summed E-state index contributed by atoms with van der Waals surface area (Å²) < 4.78 is 5.77. The highest BCUT2D eigenvalue weighted by Gasteiger charge is 2.20. The maximum Gasteiger partial charge on any atom is 0.345 e. The lowest BCUT2D eigenvalue weighted by molar-refractivity contribution is -0.145. The van der Waals surface area contributed by atoms with Crippen molar-refractivity contribution in [2.45, 2.75) is 38.7 Å². The molecule has 0 amide bonds. The number of hydrogen-bond acceptors (Lipinski definition) is 2. The molecule has 0 aliphatic carbocycles. The first-order chi connectivity index (χ1) is 13.7. The van der Waals surface area contributed by atoms with Crippen LogP contribution in [0.5, 0.6) is 5.75 Å². The lowest BCUT2D eigenvalue weighted by Gasteiger charge is -2.16. The van der Waals surface area contributed by atoms with Crippen LogP contribution in [0.1, 0.15) is 30.9 Å². The molecule has 3 heteroatoms. The van der Waals surface area contributed by atoms with Crippen molar-refractivity contribution in [3.05, 3.63) is 90.0 Å². The highest BCUT2D eigenvalue weighted by Crippen LogP contribution is 2.23. The van der Waals surface area contributed by atoms with Crippen molar-refractivity contribution in [3.63, 3.8) is 0 Å². The Morgan fingerprint density at radius 2 is 1.46 bits per heavy atom. The van der Waals surface area contributed by atoms with Crippen LogP contribution in [-0.4, -0.2) is 17.2 Å². The van der Waals surface area contributed by atoms with E-state index in [4.69, 9.17) is 4.74 Å². The predicted molar refractivity (Wildman–Crippen MR) is 113 cm³/mol. The second-order valence-corrected chi connectivity index (χ2v) is 6.96. The van der Waals surface area contributed by atoms with Gasteiger partial charge in [-0.1, -0.05) is 80.1 Å². The van der Waals surface area contributed by atoms with Crippen molar-refractivity contribution in [3.8, 4) is 16.9 Å². The zero-order valence-electron chi connectivity index (χ0n) is 16.2. The number of benzene rings is 3. The molecule has 0 unspecified atom stereocenters. The third-order valence-electron chi connectivity index (χ3n) is 4.78. The average Bonchev–Trinajstić information content (AvgIpc) is 2.74. The highest BCUT2D eigenvalue weighted by atomic mass is 16.5. The molecule has 1 atom stereocenters. The molecular formula is C25H26O3. The summed E-state index contributed by atoms with van der Waals surface area (Å²) in [7, 11) is 0. The second-order valence-electron chi connectivity index (χ2n) is 6.96. The van der Waals surface area contributed by atoms with Crippen LogP contribution in [0.4, 0.5) is 0 Å². The van der Waals surface area contributed by atoms with E-state index in [0.29, 0.717) is 12.2 Å². The van der Waals surface area contributed by atoms with E-state index in [-0.39, 0.29) is 0 Å². The van der Waals surface area contributed by atoms with Gasteiger partial charge < -0.3 is 9.84 Å². The van der Waals surface area contributed by atoms with E-state index >= 15 is 0 Å². The standard InChI is InChI=1S/C25H26O3/c1-2-3-7-19-10-12-20(13-11-19)18-24(25(26)27)28-23-16-14-22(15-17-23)21-8-5-4-6-9-21/h4-6,8-17,24H,2-3,7,18H2,1H3,(H,26,27)/t24-/m0/s1. The predicted octanol–water partition coefficient (Wildman–Crippen LogP) is 5.77. The summed E-state index contributed by atoms with van der Waals surface area (Å²) in [6, 6.07) is 25.8. The molecule has 0 bridgehead atoms. The zero-order chi connectivity index (χ0) is 19.8. The van der Waals surface area contributed by atoms with Crippen LogP contribution in [0.3, 0.4) is 0 Å². The molecule has 1 N–H and O–H groups in total. The summed E-state index contributed by atoms with van der Waals surface area (Å²) in [5.74, 6) is -0.395. The van der Waals surface area contributed by atoms with Gasteiger partial charge in [-0.05, 0) is 47.2 Å². The summed E-state index contributed by atoms with van der Waals surface area (Å²) in [5.41, 5.74) is 4.44. The third kappa shape index (κ3) is 5.46. The molecule has 3 aromatic carbocycles. The first-order valence-corrected chi connectivity index (χ1v) is 9.78. The number of aliphatic carboxylic acids is 1. The fourth-order valence-corrected chi connectivity index (χ4v) is 3.14. The molecule has 28 heavy (non-hydrogen) atoms. The monoisotopic (exact) mass is 374 g/mol. The minimum absolute atomic E-state index is 0.337. The number of carboxylic acids is 1. The van der Waals surface area contributed by atoms with Gasteiger partial charge in [0.2, 0.25) is 0 Å². The summed E-state index contributed by atoms with van der Waals surface area (Å²) in [5, 5.41) is 9.57. The molecule has 3 aromatic rings. The van der Waals surface area contributed by atoms with Gasteiger partial charge >= 0.3 is 5.97 Å². The summed E-state index contributed by atoms with van der Waals surface area (Å²) in [6.45, 7) is 2.18. The Balaban J connectivity index is 1.65. The number of carbonyl (C=O) groups is 1. The fraction of sp³-hybridized carbons (Fsp3) is 0.240. The first-order valence-electron chi connectivity index (χ1n) is 9.78. The van der Waals surface area contributed by atoms with Crippen molar-refractivity contribution in [1.29, 1.82) is 0 Å². The smallest absolute Gasteiger partial charge is 0.345 e. The molecule has 3 rings (SSSR count). The van der Waals surface area contributed by atoms with Crippen LogP contribution in [0.15, 0.2) is 78.9 Å². The maximum absolute atomic E-state index is 11.7. The van der Waals surface area contributed by atoms with E-state index in [9.17, 15) is 9.90 Å². The van der Waals surface area contributed by atoms with E-state index in [1.165, 1.54) is 18.4 Å². The zero-order valence-corrected chi connectivity index (χ0v) is 16.2. The maximum atomic E-state index is 11.7. The first kappa shape index (κ1) is 19.7. The molecule has 0 heterocycles. The van der Waals surface area contributed by atoms with Gasteiger partial charge in [0.05, 0.1) is 0 Å². The van der Waals surface area contributed by atoms with Crippen LogP contribution >= 0.6 is 0 Å². The molecule has 0 radical (unpaired) electrons. The number of ether oxygens (including phenoxy) is 1. The van der Waals surface area contributed by atoms with Crippen LogP contribution < -0.4 is 4.74 Å². The van der Waals surface area contributed by atoms with Crippen molar-refractivity contribution >= 4 is 5.97 Å². The average molecular weight is 374 g/mol. The van der Waals surface area contributed by atoms with E-state index < -0.39 is 12.1 Å². The second kappa shape index (κ2) is 9.75. The van der Waals surface area contributed by atoms with E-state index in [1.807, 2.05) is 66.7 Å². The normalized spacial score (nSPS) is 11.8. The van der Waals surface area contributed by atoms with Crippen LogP contribution in [0.25, 0.3) is 11.1 Å². The number of carboxylic acid groups (broad SMARTS) is 1. The minimum atomic E-state index is -0.956. The van der Waals surface area contributed by atoms with Gasteiger partial charge in [0.1, 0.15) is 5.75 Å². The van der Waals surface area contributed by atoms with Crippen molar-refractivity contribution in [1.82, 2.24) is 0 Å². The van der Waals surface area contributed by atoms with Crippen molar-refractivity contribution < 1.29 is 14.6 Å². The third-order valence-corrected chi connectivity index (χ3v) is 4.78. The summed E-state index contributed by atoms with van der Waals surface area (Å²) in [6.07, 6.45) is 2.82. The topological polar surface area (TPSA) is 46.5 Å². The van der Waals surface area contributed by atoms with Gasteiger partial charge in [0.25, 0.3) is 0 Å². The van der Waals surface area contributed by atoms with Gasteiger partial charge in [-0.3, -0.25) is 0 Å². The van der Waals surface area contributed by atoms with Gasteiger partial charge in [-0.25, -0.2) is 4.79 Å². The van der Waals surface area contributed by atoms with E-state index in [0.717, 1.165) is 23.1 Å². The number of aryl methyl sites for hydroxylation is 1. The molecular weight excluding hydrogens is 348 g/mol. The summed E-state index contributed by atoms with van der Waals surface area (Å²) >= 11 is 0. The van der Waals surface area contributed by atoms with Crippen molar-refractivity contribution in [2.75, 3.05) is 0 Å². The quantitative estimate of drug-likeness (QED) is 0.517. The molecule has 0 saturated heterocycles. The Morgan fingerprint density at radius 3 is 2.07 bits per heavy atom. The van der Waals surface area contributed by atoms with Crippen LogP contribution in [0.2, 0.25) is 0 Å². The molecule has 0 aliphatic rings. The molecule has 0 fully saturated rings. The minimum Gasteiger partial charge on any atom is -0.478 e. The Kier molecular flexibility index (Phi) is 6.85. The molecule has 3 nitrogen and oxygen atoms in total. The number of unbranched alkanes of at least 4 members (excludes halogenated alkanes) is 1. The van der Waals surface area contributed by atoms with E-state index in [1.54, 1.807) is 0 Å².